The van der Waals surface area contributed by atoms with E-state index in [9.17, 15) is 0 Å². The molecular weight excluding hydrogens is 150 g/mol. The molecule has 0 aliphatic heterocycles. The van der Waals surface area contributed by atoms with E-state index in [0.717, 1.165) is 26.1 Å². The van der Waals surface area contributed by atoms with E-state index in [1.54, 1.807) is 0 Å². The van der Waals surface area contributed by atoms with E-state index in [1.807, 2.05) is 6.92 Å². The van der Waals surface area contributed by atoms with Crippen LogP contribution in [0.15, 0.2) is 12.2 Å². The van der Waals surface area contributed by atoms with Crippen LogP contribution in [0.5, 0.6) is 0 Å². The first-order chi connectivity index (χ1) is 5.70. The van der Waals surface area contributed by atoms with Crippen LogP contribution in [-0.4, -0.2) is 25.8 Å². The van der Waals surface area contributed by atoms with Crippen molar-refractivity contribution in [2.45, 2.75) is 33.3 Å². The van der Waals surface area contributed by atoms with Gasteiger partial charge in [-0.05, 0) is 20.3 Å². The molecule has 12 heavy (non-hydrogen) atoms. The maximum Gasteiger partial charge on any atom is 0.0671 e. The van der Waals surface area contributed by atoms with Gasteiger partial charge in [0.05, 0.1) is 6.10 Å². The van der Waals surface area contributed by atoms with E-state index in [4.69, 9.17) is 4.74 Å². The smallest absolute Gasteiger partial charge is 0.0671 e. The number of nitrogens with one attached hydrogen (secondary N) is 1. The fourth-order valence-electron chi connectivity index (χ4n) is 0.921. The molecule has 0 aromatic heterocycles. The van der Waals surface area contributed by atoms with Crippen LogP contribution >= 0.6 is 0 Å². The highest BCUT2D eigenvalue weighted by atomic mass is 16.5. The number of ether oxygens (including phenoxy) is 1. The maximum atomic E-state index is 5.37. The molecule has 72 valence electrons. The average Bonchev–Trinajstić information content (AvgIpc) is 2.04. The minimum Gasteiger partial charge on any atom is -0.377 e. The lowest BCUT2D eigenvalue weighted by molar-refractivity contribution is 0.0767. The molecule has 0 aromatic carbocycles. The van der Waals surface area contributed by atoms with E-state index in [1.165, 1.54) is 5.57 Å². The SMILES string of the molecule is C=C(CC)CNCC(C)OCC. The Morgan fingerprint density at radius 2 is 2.17 bits per heavy atom. The fraction of sp³-hybridized carbons (Fsp3) is 0.800. The largest absolute Gasteiger partial charge is 0.377 e. The molecule has 0 heterocycles. The summed E-state index contributed by atoms with van der Waals surface area (Å²) >= 11 is 0. The zero-order valence-electron chi connectivity index (χ0n) is 8.52. The second kappa shape index (κ2) is 7.32. The Labute approximate surface area is 76.0 Å². The monoisotopic (exact) mass is 171 g/mol. The van der Waals surface area contributed by atoms with Gasteiger partial charge in [0.25, 0.3) is 0 Å². The molecule has 0 aliphatic carbocycles. The summed E-state index contributed by atoms with van der Waals surface area (Å²) in [6, 6.07) is 0. The second-order valence-electron chi connectivity index (χ2n) is 3.00. The maximum absolute atomic E-state index is 5.37. The van der Waals surface area contributed by atoms with Crippen LogP contribution in [0.3, 0.4) is 0 Å². The van der Waals surface area contributed by atoms with Gasteiger partial charge < -0.3 is 10.1 Å². The number of hydrogen-bond donors (Lipinski definition) is 1. The van der Waals surface area contributed by atoms with Crippen molar-refractivity contribution in [3.63, 3.8) is 0 Å². The summed E-state index contributed by atoms with van der Waals surface area (Å²) in [5.74, 6) is 0. The van der Waals surface area contributed by atoms with Gasteiger partial charge in [-0.2, -0.15) is 0 Å². The summed E-state index contributed by atoms with van der Waals surface area (Å²) < 4.78 is 5.37. The summed E-state index contributed by atoms with van der Waals surface area (Å²) in [6.07, 6.45) is 1.36. The minimum absolute atomic E-state index is 0.305. The molecule has 0 radical (unpaired) electrons. The molecule has 0 rings (SSSR count). The van der Waals surface area contributed by atoms with Crippen LogP contribution < -0.4 is 5.32 Å². The third-order valence-electron chi connectivity index (χ3n) is 1.76. The molecule has 2 heteroatoms. The first kappa shape index (κ1) is 11.7. The first-order valence-corrected chi connectivity index (χ1v) is 4.69. The highest BCUT2D eigenvalue weighted by molar-refractivity contribution is 4.94. The van der Waals surface area contributed by atoms with Crippen molar-refractivity contribution in [2.24, 2.45) is 0 Å². The van der Waals surface area contributed by atoms with Gasteiger partial charge in [0, 0.05) is 19.7 Å². The van der Waals surface area contributed by atoms with Gasteiger partial charge in [-0.25, -0.2) is 0 Å². The van der Waals surface area contributed by atoms with Gasteiger partial charge in [-0.3, -0.25) is 0 Å². The van der Waals surface area contributed by atoms with Crippen LogP contribution in [0.1, 0.15) is 27.2 Å². The Kier molecular flexibility index (Phi) is 7.11. The van der Waals surface area contributed by atoms with Crippen LogP contribution in [0.2, 0.25) is 0 Å². The van der Waals surface area contributed by atoms with Gasteiger partial charge in [-0.1, -0.05) is 19.1 Å². The molecule has 1 N–H and O–H groups in total. The molecule has 0 spiro atoms. The molecular formula is C10H21NO. The van der Waals surface area contributed by atoms with Crippen molar-refractivity contribution < 1.29 is 4.74 Å². The summed E-state index contributed by atoms with van der Waals surface area (Å²) in [7, 11) is 0. The third kappa shape index (κ3) is 6.38. The zero-order valence-corrected chi connectivity index (χ0v) is 8.52. The molecule has 0 fully saturated rings. The Balaban J connectivity index is 3.24. The Bertz CT molecular complexity index is 123. The van der Waals surface area contributed by atoms with Crippen molar-refractivity contribution in [2.75, 3.05) is 19.7 Å². The molecule has 0 amide bonds. The highest BCUT2D eigenvalue weighted by Gasteiger charge is 1.99. The van der Waals surface area contributed by atoms with Crippen molar-refractivity contribution in [3.05, 3.63) is 12.2 Å². The van der Waals surface area contributed by atoms with Gasteiger partial charge in [0.1, 0.15) is 0 Å². The van der Waals surface area contributed by atoms with E-state index in [-0.39, 0.29) is 0 Å². The van der Waals surface area contributed by atoms with Crippen LogP contribution in [0.4, 0.5) is 0 Å². The highest BCUT2D eigenvalue weighted by Crippen LogP contribution is 1.93. The van der Waals surface area contributed by atoms with Crippen LogP contribution in [0, 0.1) is 0 Å². The molecule has 0 aliphatic rings. The van der Waals surface area contributed by atoms with E-state index in [0.29, 0.717) is 6.10 Å². The molecule has 1 unspecified atom stereocenters. The summed E-state index contributed by atoms with van der Waals surface area (Å²) in [4.78, 5) is 0. The van der Waals surface area contributed by atoms with E-state index < -0.39 is 0 Å². The normalized spacial score (nSPS) is 12.9. The lowest BCUT2D eigenvalue weighted by Gasteiger charge is -2.12. The van der Waals surface area contributed by atoms with Gasteiger partial charge in [-0.15, -0.1) is 0 Å². The minimum atomic E-state index is 0.305. The average molecular weight is 171 g/mol. The summed E-state index contributed by atoms with van der Waals surface area (Å²) in [6.45, 7) is 12.7. The molecule has 1 atom stereocenters. The summed E-state index contributed by atoms with van der Waals surface area (Å²) in [5, 5.41) is 3.30. The van der Waals surface area contributed by atoms with Gasteiger partial charge in [0.15, 0.2) is 0 Å². The first-order valence-electron chi connectivity index (χ1n) is 4.69. The van der Waals surface area contributed by atoms with Crippen molar-refractivity contribution >= 4 is 0 Å². The molecule has 0 bridgehead atoms. The topological polar surface area (TPSA) is 21.3 Å². The zero-order chi connectivity index (χ0) is 9.40. The predicted molar refractivity (Wildman–Crippen MR) is 53.4 cm³/mol. The number of rotatable bonds is 7. The Hall–Kier alpha value is -0.340. The Morgan fingerprint density at radius 1 is 1.50 bits per heavy atom. The molecule has 2 nitrogen and oxygen atoms in total. The van der Waals surface area contributed by atoms with Crippen LogP contribution in [0.25, 0.3) is 0 Å². The number of hydrogen-bond acceptors (Lipinski definition) is 2. The van der Waals surface area contributed by atoms with Gasteiger partial charge in [0.2, 0.25) is 0 Å². The van der Waals surface area contributed by atoms with E-state index in [2.05, 4.69) is 25.7 Å². The van der Waals surface area contributed by atoms with E-state index >= 15 is 0 Å². The summed E-state index contributed by atoms with van der Waals surface area (Å²) in [5.41, 5.74) is 1.25. The standard InChI is InChI=1S/C10H21NO/c1-5-9(3)7-11-8-10(4)12-6-2/h10-11H,3,5-8H2,1-2,4H3. The predicted octanol–water partition coefficient (Wildman–Crippen LogP) is 1.97. The van der Waals surface area contributed by atoms with Crippen molar-refractivity contribution in [1.29, 1.82) is 0 Å². The molecule has 0 saturated heterocycles. The van der Waals surface area contributed by atoms with Crippen molar-refractivity contribution in [3.8, 4) is 0 Å². The lowest BCUT2D eigenvalue weighted by atomic mass is 10.2. The second-order valence-corrected chi connectivity index (χ2v) is 3.00. The quantitative estimate of drug-likeness (QED) is 0.591. The third-order valence-corrected chi connectivity index (χ3v) is 1.76. The fourth-order valence-corrected chi connectivity index (χ4v) is 0.921. The van der Waals surface area contributed by atoms with Crippen LogP contribution in [-0.2, 0) is 4.74 Å². The Morgan fingerprint density at radius 3 is 2.67 bits per heavy atom. The van der Waals surface area contributed by atoms with Gasteiger partial charge >= 0.3 is 0 Å². The van der Waals surface area contributed by atoms with Crippen molar-refractivity contribution in [1.82, 2.24) is 5.32 Å². The lowest BCUT2D eigenvalue weighted by Crippen LogP contribution is -2.28. The molecule has 0 saturated carbocycles. The molecule has 0 aromatic rings.